The molecule has 2 aromatic carbocycles. The minimum atomic E-state index is -3.29. The van der Waals surface area contributed by atoms with Gasteiger partial charge in [0, 0.05) is 19.7 Å². The Kier molecular flexibility index (Phi) is 9.32. The summed E-state index contributed by atoms with van der Waals surface area (Å²) in [5, 5.41) is 2.47. The number of carbonyl (C=O) groups excluding carboxylic acids is 1. The van der Waals surface area contributed by atoms with Crippen LogP contribution in [-0.2, 0) is 21.3 Å². The fourth-order valence-corrected chi connectivity index (χ4v) is 4.82. The number of hydrogen-bond acceptors (Lipinski definition) is 8. The first kappa shape index (κ1) is 29.4. The first-order chi connectivity index (χ1) is 19.0. The molecule has 0 saturated carbocycles. The van der Waals surface area contributed by atoms with E-state index in [1.165, 1.54) is 31.4 Å². The van der Waals surface area contributed by atoms with Gasteiger partial charge in [0.15, 0.2) is 29.0 Å². The van der Waals surface area contributed by atoms with Gasteiger partial charge in [-0.2, -0.15) is 0 Å². The van der Waals surface area contributed by atoms with Crippen LogP contribution in [0, 0.1) is 17.6 Å². The molecule has 0 aliphatic carbocycles. The lowest BCUT2D eigenvalue weighted by molar-refractivity contribution is -0.0169. The molecule has 0 radical (unpaired) electrons. The van der Waals surface area contributed by atoms with Gasteiger partial charge in [-0.3, -0.25) is 9.59 Å². The quantitative estimate of drug-likeness (QED) is 0.313. The molecule has 40 heavy (non-hydrogen) atoms. The molecule has 1 saturated heterocycles. The Hall–Kier alpha value is -3.62. The predicted octanol–water partition coefficient (Wildman–Crippen LogP) is 2.25. The Labute approximate surface area is 229 Å². The Morgan fingerprint density at radius 1 is 1.20 bits per heavy atom. The fraction of sp³-hybridized carbons (Fsp3) is 0.423. The van der Waals surface area contributed by atoms with Crippen LogP contribution in [0.15, 0.2) is 35.1 Å². The zero-order valence-corrected chi connectivity index (χ0v) is 22.8. The second-order valence-corrected chi connectivity index (χ2v) is 11.3. The number of benzene rings is 2. The summed E-state index contributed by atoms with van der Waals surface area (Å²) in [5.74, 6) is -2.35. The number of carbonyl (C=O) groups is 1. The molecule has 1 aliphatic heterocycles. The highest BCUT2D eigenvalue weighted by Crippen LogP contribution is 2.27. The van der Waals surface area contributed by atoms with E-state index in [4.69, 9.17) is 14.2 Å². The highest BCUT2D eigenvalue weighted by Gasteiger charge is 2.23. The first-order valence-corrected chi connectivity index (χ1v) is 14.5. The number of halogens is 2. The van der Waals surface area contributed by atoms with E-state index in [1.807, 2.05) is 0 Å². The van der Waals surface area contributed by atoms with Crippen LogP contribution >= 0.6 is 0 Å². The van der Waals surface area contributed by atoms with Crippen molar-refractivity contribution in [3.05, 3.63) is 63.7 Å². The average Bonchev–Trinajstić information content (AvgIpc) is 2.92. The Balaban J connectivity index is 1.37. The molecule has 4 rings (SSSR count). The summed E-state index contributed by atoms with van der Waals surface area (Å²) >= 11 is 0. The van der Waals surface area contributed by atoms with Crippen LogP contribution in [0.4, 0.5) is 8.78 Å². The summed E-state index contributed by atoms with van der Waals surface area (Å²) in [6.07, 6.45) is 2.85. The van der Waals surface area contributed by atoms with Gasteiger partial charge in [0.1, 0.15) is 5.39 Å². The number of aromatic nitrogens is 2. The zero-order chi connectivity index (χ0) is 28.9. The van der Waals surface area contributed by atoms with Gasteiger partial charge < -0.3 is 24.5 Å². The summed E-state index contributed by atoms with van der Waals surface area (Å²) in [7, 11) is -1.96. The van der Waals surface area contributed by atoms with Crippen molar-refractivity contribution in [3.63, 3.8) is 0 Å². The van der Waals surface area contributed by atoms with Crippen LogP contribution in [0.5, 0.6) is 11.5 Å². The number of aromatic amines is 1. The summed E-state index contributed by atoms with van der Waals surface area (Å²) in [6.45, 7) is 0.747. The maximum Gasteiger partial charge on any atom is 0.287 e. The van der Waals surface area contributed by atoms with Gasteiger partial charge in [-0.15, -0.1) is 0 Å². The van der Waals surface area contributed by atoms with E-state index in [9.17, 15) is 26.8 Å². The van der Waals surface area contributed by atoms with Crippen molar-refractivity contribution in [2.75, 3.05) is 33.1 Å². The molecular formula is C26H30F2N4O7S. The minimum Gasteiger partial charge on any atom is -0.494 e. The van der Waals surface area contributed by atoms with Gasteiger partial charge in [-0.05, 0) is 55.0 Å². The maximum absolute atomic E-state index is 14.7. The molecule has 1 aromatic heterocycles. The van der Waals surface area contributed by atoms with Crippen molar-refractivity contribution in [2.45, 2.75) is 31.9 Å². The van der Waals surface area contributed by atoms with Gasteiger partial charge in [0.25, 0.3) is 11.5 Å². The van der Waals surface area contributed by atoms with Crippen molar-refractivity contribution in [1.29, 1.82) is 0 Å². The normalized spacial score (nSPS) is 17.5. The van der Waals surface area contributed by atoms with Crippen LogP contribution in [0.3, 0.4) is 0 Å². The smallest absolute Gasteiger partial charge is 0.287 e. The number of nitrogens with one attached hydrogen (secondary N) is 3. The summed E-state index contributed by atoms with van der Waals surface area (Å²) in [5.41, 5.74) is -0.0942. The topological polar surface area (TPSA) is 149 Å². The Morgan fingerprint density at radius 2 is 1.98 bits per heavy atom. The molecule has 0 bridgehead atoms. The van der Waals surface area contributed by atoms with Gasteiger partial charge in [0.05, 0.1) is 31.6 Å². The number of amides is 1. The van der Waals surface area contributed by atoms with Crippen LogP contribution in [-0.4, -0.2) is 63.5 Å². The Bertz CT molecular complexity index is 1540. The molecule has 1 amide bonds. The van der Waals surface area contributed by atoms with Crippen molar-refractivity contribution in [3.8, 4) is 11.5 Å². The van der Waals surface area contributed by atoms with E-state index in [0.29, 0.717) is 25.0 Å². The molecule has 0 spiro atoms. The van der Waals surface area contributed by atoms with Gasteiger partial charge >= 0.3 is 0 Å². The number of rotatable bonds is 11. The van der Waals surface area contributed by atoms with Crippen LogP contribution in [0.25, 0.3) is 10.9 Å². The van der Waals surface area contributed by atoms with E-state index >= 15 is 0 Å². The van der Waals surface area contributed by atoms with Gasteiger partial charge in [0.2, 0.25) is 10.0 Å². The third-order valence-corrected chi connectivity index (χ3v) is 7.16. The molecule has 1 aliphatic rings. The highest BCUT2D eigenvalue weighted by molar-refractivity contribution is 7.88. The van der Waals surface area contributed by atoms with E-state index in [2.05, 4.69) is 20.0 Å². The zero-order valence-electron chi connectivity index (χ0n) is 22.0. The molecule has 1 fully saturated rings. The lowest BCUT2D eigenvalue weighted by atomic mass is 9.96. The standard InChI is InChI=1S/C26H30F2N4O7S/c1-37-21-11-16(4-6-18(21)27)12-29-26(34)24-31-20-8-7-19(28)23(22(20)25(33)32-24)38-10-9-15-3-5-17(39-14-15)13-30-40(2,35)36/h4,6-8,11,15,17,30H,3,5,9-10,12-14H2,1-2H3,(H,29,34)(H,31,32,33). The molecule has 2 heterocycles. The maximum atomic E-state index is 14.7. The molecule has 11 nitrogen and oxygen atoms in total. The third-order valence-electron chi connectivity index (χ3n) is 6.47. The van der Waals surface area contributed by atoms with E-state index in [-0.39, 0.29) is 59.9 Å². The SMILES string of the molecule is COc1cc(CNC(=O)c2nc3ccc(F)c(OCCC4CCC(CNS(C)(=O)=O)OC4)c3c(=O)[nH]2)ccc1F. The molecular weight excluding hydrogens is 550 g/mol. The minimum absolute atomic E-state index is 0.0227. The summed E-state index contributed by atoms with van der Waals surface area (Å²) in [4.78, 5) is 32.0. The van der Waals surface area contributed by atoms with Crippen molar-refractivity contribution in [2.24, 2.45) is 5.92 Å². The monoisotopic (exact) mass is 580 g/mol. The predicted molar refractivity (Wildman–Crippen MR) is 142 cm³/mol. The number of H-pyrrole nitrogens is 1. The second kappa shape index (κ2) is 12.7. The molecule has 3 aromatic rings. The highest BCUT2D eigenvalue weighted by atomic mass is 32.2. The lowest BCUT2D eigenvalue weighted by Crippen LogP contribution is -2.37. The second-order valence-electron chi connectivity index (χ2n) is 9.49. The van der Waals surface area contributed by atoms with Crippen LogP contribution in [0.2, 0.25) is 0 Å². The molecule has 216 valence electrons. The summed E-state index contributed by atoms with van der Waals surface area (Å²) in [6, 6.07) is 6.53. The van der Waals surface area contributed by atoms with Crippen molar-refractivity contribution in [1.82, 2.24) is 20.0 Å². The molecule has 2 atom stereocenters. The summed E-state index contributed by atoms with van der Waals surface area (Å²) < 4.78 is 69.5. The van der Waals surface area contributed by atoms with E-state index in [1.54, 1.807) is 0 Å². The van der Waals surface area contributed by atoms with Crippen molar-refractivity contribution >= 4 is 26.8 Å². The number of sulfonamides is 1. The fourth-order valence-electron chi connectivity index (χ4n) is 4.33. The van der Waals surface area contributed by atoms with Gasteiger partial charge in [-0.1, -0.05) is 6.07 Å². The molecule has 14 heteroatoms. The number of ether oxygens (including phenoxy) is 3. The largest absolute Gasteiger partial charge is 0.494 e. The number of hydrogen-bond donors (Lipinski definition) is 3. The van der Waals surface area contributed by atoms with E-state index in [0.717, 1.165) is 18.7 Å². The van der Waals surface area contributed by atoms with Crippen molar-refractivity contribution < 1.29 is 36.2 Å². The number of methoxy groups -OCH3 is 1. The van der Waals surface area contributed by atoms with Gasteiger partial charge in [-0.25, -0.2) is 26.9 Å². The first-order valence-electron chi connectivity index (χ1n) is 12.6. The number of fused-ring (bicyclic) bond motifs is 1. The third kappa shape index (κ3) is 7.52. The lowest BCUT2D eigenvalue weighted by Gasteiger charge is -2.29. The Morgan fingerprint density at radius 3 is 2.67 bits per heavy atom. The molecule has 2 unspecified atom stereocenters. The number of nitrogens with zero attached hydrogens (tertiary/aromatic N) is 1. The average molecular weight is 581 g/mol. The molecule has 3 N–H and O–H groups in total. The van der Waals surface area contributed by atoms with Crippen LogP contribution < -0.4 is 25.1 Å². The van der Waals surface area contributed by atoms with E-state index < -0.39 is 33.1 Å². The van der Waals surface area contributed by atoms with Crippen LogP contribution in [0.1, 0.15) is 35.4 Å².